The average molecular weight is 89.9 g/mol. The maximum Gasteiger partial charge on any atom is 0.484 e. The second-order valence-electron chi connectivity index (χ2n) is 0.991. The van der Waals surface area contributed by atoms with Crippen LogP contribution in [0.1, 0.15) is 0 Å². The van der Waals surface area contributed by atoms with E-state index in [1.54, 1.807) is 0 Å². The Balaban J connectivity index is 2.99. The standard InChI is InChI=1S/CH7BN2O2/c3-1(4)2(5)6/h1,5-6H,3-4H2. The van der Waals surface area contributed by atoms with Crippen molar-refractivity contribution in [1.82, 2.24) is 0 Å². The minimum Gasteiger partial charge on any atom is -0.425 e. The van der Waals surface area contributed by atoms with E-state index in [-0.39, 0.29) is 0 Å². The molecule has 0 amide bonds. The van der Waals surface area contributed by atoms with Gasteiger partial charge in [-0.2, -0.15) is 0 Å². The van der Waals surface area contributed by atoms with Crippen LogP contribution < -0.4 is 11.5 Å². The Morgan fingerprint density at radius 1 is 1.33 bits per heavy atom. The molecule has 0 aromatic heterocycles. The lowest BCUT2D eigenvalue weighted by molar-refractivity contribution is 0.388. The highest BCUT2D eigenvalue weighted by molar-refractivity contribution is 6.42. The van der Waals surface area contributed by atoms with E-state index < -0.39 is 13.2 Å². The van der Waals surface area contributed by atoms with Crippen LogP contribution in [0.2, 0.25) is 0 Å². The normalized spacial score (nSPS) is 9.50. The summed E-state index contributed by atoms with van der Waals surface area (Å²) < 4.78 is 0. The average Bonchev–Trinajstić information content (AvgIpc) is 1.36. The summed E-state index contributed by atoms with van der Waals surface area (Å²) in [4.78, 5) is 0. The van der Waals surface area contributed by atoms with Crippen LogP contribution in [-0.2, 0) is 0 Å². The molecule has 36 valence electrons. The predicted octanol–water partition coefficient (Wildman–Crippen LogP) is -2.76. The van der Waals surface area contributed by atoms with Crippen LogP contribution in [0.3, 0.4) is 0 Å². The molecule has 5 heteroatoms. The van der Waals surface area contributed by atoms with Gasteiger partial charge in [-0.3, -0.25) is 0 Å². The molecule has 0 saturated heterocycles. The van der Waals surface area contributed by atoms with Crippen LogP contribution in [0, 0.1) is 0 Å². The van der Waals surface area contributed by atoms with Crippen molar-refractivity contribution in [2.45, 2.75) is 6.07 Å². The van der Waals surface area contributed by atoms with Crippen LogP contribution in [-0.4, -0.2) is 23.2 Å². The van der Waals surface area contributed by atoms with Crippen molar-refractivity contribution in [3.63, 3.8) is 0 Å². The van der Waals surface area contributed by atoms with Gasteiger partial charge >= 0.3 is 7.12 Å². The van der Waals surface area contributed by atoms with Gasteiger partial charge in [-0.15, -0.1) is 0 Å². The lowest BCUT2D eigenvalue weighted by Crippen LogP contribution is -2.46. The van der Waals surface area contributed by atoms with E-state index in [0.717, 1.165) is 0 Å². The molecule has 0 aliphatic rings. The molecule has 0 aliphatic heterocycles. The third-order valence-corrected chi connectivity index (χ3v) is 0.344. The highest BCUT2D eigenvalue weighted by atomic mass is 16.4. The van der Waals surface area contributed by atoms with E-state index in [0.29, 0.717) is 0 Å². The second-order valence-corrected chi connectivity index (χ2v) is 0.991. The Labute approximate surface area is 35.9 Å². The zero-order chi connectivity index (χ0) is 5.15. The molecular formula is CH7BN2O2. The Hall–Kier alpha value is -0.0951. The summed E-state index contributed by atoms with van der Waals surface area (Å²) >= 11 is 0. The number of rotatable bonds is 1. The zero-order valence-electron chi connectivity index (χ0n) is 3.20. The molecule has 6 N–H and O–H groups in total. The third-order valence-electron chi connectivity index (χ3n) is 0.344. The summed E-state index contributed by atoms with van der Waals surface area (Å²) in [6, 6.07) is -1.04. The first-order valence-corrected chi connectivity index (χ1v) is 1.52. The molecule has 0 fully saturated rings. The molecule has 0 spiro atoms. The van der Waals surface area contributed by atoms with Crippen LogP contribution >= 0.6 is 0 Å². The fraction of sp³-hybridized carbons (Fsp3) is 1.00. The van der Waals surface area contributed by atoms with E-state index in [9.17, 15) is 0 Å². The molecule has 0 rings (SSSR count). The molecule has 0 aromatic carbocycles. The minimum atomic E-state index is -1.59. The fourth-order valence-electron chi connectivity index (χ4n) is 0. The first kappa shape index (κ1) is 5.90. The summed E-state index contributed by atoms with van der Waals surface area (Å²) in [6.07, 6.45) is 0. The van der Waals surface area contributed by atoms with Crippen molar-refractivity contribution in [3.05, 3.63) is 0 Å². The molecule has 0 saturated carbocycles. The molecule has 0 aliphatic carbocycles. The lowest BCUT2D eigenvalue weighted by atomic mass is 9.88. The summed E-state index contributed by atoms with van der Waals surface area (Å²) in [5.74, 6) is 0. The molecule has 0 aromatic rings. The summed E-state index contributed by atoms with van der Waals surface area (Å²) in [5.41, 5.74) is 9.43. The third kappa shape index (κ3) is 2.16. The van der Waals surface area contributed by atoms with Gasteiger partial charge in [0, 0.05) is 0 Å². The largest absolute Gasteiger partial charge is 0.484 e. The van der Waals surface area contributed by atoms with Crippen LogP contribution in [0.15, 0.2) is 0 Å². The van der Waals surface area contributed by atoms with E-state index in [4.69, 9.17) is 21.5 Å². The second kappa shape index (κ2) is 2.15. The van der Waals surface area contributed by atoms with Gasteiger partial charge in [0.25, 0.3) is 0 Å². The van der Waals surface area contributed by atoms with Gasteiger partial charge in [-0.25, -0.2) is 0 Å². The Bertz CT molecular complexity index is 32.5. The smallest absolute Gasteiger partial charge is 0.425 e. The van der Waals surface area contributed by atoms with Crippen molar-refractivity contribution in [1.29, 1.82) is 0 Å². The van der Waals surface area contributed by atoms with Gasteiger partial charge in [0.15, 0.2) is 0 Å². The lowest BCUT2D eigenvalue weighted by Gasteiger charge is -1.97. The van der Waals surface area contributed by atoms with E-state index in [1.807, 2.05) is 0 Å². The molecule has 0 atom stereocenters. The highest BCUT2D eigenvalue weighted by Crippen LogP contribution is 1.62. The maximum absolute atomic E-state index is 7.94. The number of hydrogen-bond donors (Lipinski definition) is 4. The van der Waals surface area contributed by atoms with Gasteiger partial charge in [0.2, 0.25) is 0 Å². The molecular weight excluding hydrogens is 82.8 g/mol. The molecule has 0 bridgehead atoms. The topological polar surface area (TPSA) is 92.5 Å². The fourth-order valence-corrected chi connectivity index (χ4v) is 0. The van der Waals surface area contributed by atoms with Gasteiger partial charge in [-0.1, -0.05) is 0 Å². The zero-order valence-corrected chi connectivity index (χ0v) is 3.20. The summed E-state index contributed by atoms with van der Waals surface area (Å²) in [6.45, 7) is 0. The van der Waals surface area contributed by atoms with Crippen LogP contribution in [0.5, 0.6) is 0 Å². The minimum absolute atomic E-state index is 1.04. The van der Waals surface area contributed by atoms with Gasteiger partial charge in [0.05, 0.1) is 6.07 Å². The van der Waals surface area contributed by atoms with E-state index >= 15 is 0 Å². The Morgan fingerprint density at radius 2 is 1.50 bits per heavy atom. The molecule has 6 heavy (non-hydrogen) atoms. The molecule has 0 radical (unpaired) electrons. The Kier molecular flexibility index (Phi) is 2.11. The van der Waals surface area contributed by atoms with Crippen molar-refractivity contribution in [2.24, 2.45) is 11.5 Å². The van der Waals surface area contributed by atoms with Gasteiger partial charge in [0.1, 0.15) is 0 Å². The number of hydrogen-bond acceptors (Lipinski definition) is 4. The van der Waals surface area contributed by atoms with E-state index in [2.05, 4.69) is 0 Å². The monoisotopic (exact) mass is 90.1 g/mol. The maximum atomic E-state index is 7.94. The summed E-state index contributed by atoms with van der Waals surface area (Å²) in [5, 5.41) is 15.9. The van der Waals surface area contributed by atoms with Crippen molar-refractivity contribution in [2.75, 3.05) is 0 Å². The molecule has 4 nitrogen and oxygen atoms in total. The van der Waals surface area contributed by atoms with Crippen molar-refractivity contribution >= 4 is 7.12 Å². The van der Waals surface area contributed by atoms with Crippen molar-refractivity contribution < 1.29 is 10.0 Å². The predicted molar refractivity (Wildman–Crippen MR) is 22.4 cm³/mol. The highest BCUT2D eigenvalue weighted by Gasteiger charge is 2.11. The van der Waals surface area contributed by atoms with Crippen molar-refractivity contribution in [3.8, 4) is 0 Å². The SMILES string of the molecule is NC(N)B(O)O. The number of nitrogens with two attached hydrogens (primary N) is 2. The quantitative estimate of drug-likeness (QED) is 0.207. The Morgan fingerprint density at radius 3 is 1.50 bits per heavy atom. The van der Waals surface area contributed by atoms with E-state index in [1.165, 1.54) is 0 Å². The molecule has 0 heterocycles. The molecule has 0 unspecified atom stereocenters. The van der Waals surface area contributed by atoms with Gasteiger partial charge in [-0.05, 0) is 0 Å². The van der Waals surface area contributed by atoms with Gasteiger partial charge < -0.3 is 21.5 Å². The van der Waals surface area contributed by atoms with Crippen LogP contribution in [0.4, 0.5) is 0 Å². The first-order chi connectivity index (χ1) is 2.64. The summed E-state index contributed by atoms with van der Waals surface area (Å²) in [7, 11) is -1.59. The van der Waals surface area contributed by atoms with Crippen LogP contribution in [0.25, 0.3) is 0 Å². The first-order valence-electron chi connectivity index (χ1n) is 1.52.